The van der Waals surface area contributed by atoms with Gasteiger partial charge in [0.25, 0.3) is 0 Å². The summed E-state index contributed by atoms with van der Waals surface area (Å²) in [4.78, 5) is 1.01. The molecule has 1 atom stereocenters. The van der Waals surface area contributed by atoms with E-state index in [0.29, 0.717) is 5.56 Å². The zero-order chi connectivity index (χ0) is 13.8. The fourth-order valence-electron chi connectivity index (χ4n) is 1.87. The molecule has 0 bridgehead atoms. The Morgan fingerprint density at radius 2 is 2.11 bits per heavy atom. The maximum absolute atomic E-state index is 13.9. The van der Waals surface area contributed by atoms with E-state index < -0.39 is 11.6 Å². The second-order valence-electron chi connectivity index (χ2n) is 4.22. The average molecular weight is 346 g/mol. The Morgan fingerprint density at radius 3 is 2.68 bits per heavy atom. The van der Waals surface area contributed by atoms with E-state index in [1.807, 2.05) is 11.4 Å². The Labute approximate surface area is 123 Å². The van der Waals surface area contributed by atoms with Crippen molar-refractivity contribution in [3.05, 3.63) is 56.2 Å². The lowest BCUT2D eigenvalue weighted by atomic mass is 10.0. The maximum atomic E-state index is 13.9. The van der Waals surface area contributed by atoms with Gasteiger partial charge in [-0.1, -0.05) is 13.0 Å². The average Bonchev–Trinajstić information content (AvgIpc) is 2.78. The van der Waals surface area contributed by atoms with Gasteiger partial charge in [0.15, 0.2) is 0 Å². The van der Waals surface area contributed by atoms with E-state index in [4.69, 9.17) is 0 Å². The van der Waals surface area contributed by atoms with Crippen LogP contribution in [0.5, 0.6) is 0 Å². The Balaban J connectivity index is 2.36. The summed E-state index contributed by atoms with van der Waals surface area (Å²) >= 11 is 4.95. The zero-order valence-electron chi connectivity index (χ0n) is 10.4. The fourth-order valence-corrected chi connectivity index (χ4v) is 3.40. The molecule has 1 unspecified atom stereocenters. The second kappa shape index (κ2) is 6.59. The van der Waals surface area contributed by atoms with E-state index in [9.17, 15) is 8.78 Å². The molecule has 19 heavy (non-hydrogen) atoms. The normalized spacial score (nSPS) is 12.6. The number of halogens is 3. The van der Waals surface area contributed by atoms with Gasteiger partial charge in [-0.15, -0.1) is 11.3 Å². The van der Waals surface area contributed by atoms with Crippen LogP contribution in [0.2, 0.25) is 0 Å². The maximum Gasteiger partial charge on any atom is 0.131 e. The van der Waals surface area contributed by atoms with Crippen LogP contribution in [0.4, 0.5) is 8.78 Å². The summed E-state index contributed by atoms with van der Waals surface area (Å²) in [7, 11) is 0. The van der Waals surface area contributed by atoms with Gasteiger partial charge >= 0.3 is 0 Å². The van der Waals surface area contributed by atoms with Crippen molar-refractivity contribution in [2.45, 2.75) is 19.4 Å². The number of thiophene rings is 1. The number of hydrogen-bond acceptors (Lipinski definition) is 2. The fraction of sp³-hybridized carbons (Fsp3) is 0.286. The van der Waals surface area contributed by atoms with Crippen LogP contribution in [0.15, 0.2) is 34.1 Å². The van der Waals surface area contributed by atoms with Crippen LogP contribution in [0, 0.1) is 11.6 Å². The largest absolute Gasteiger partial charge is 0.306 e. The van der Waals surface area contributed by atoms with Gasteiger partial charge in [0.05, 0.1) is 6.04 Å². The van der Waals surface area contributed by atoms with Crippen LogP contribution in [0.1, 0.15) is 29.8 Å². The molecule has 0 aliphatic carbocycles. The Bertz CT molecular complexity index is 556. The second-order valence-corrected chi connectivity index (χ2v) is 6.08. The van der Waals surface area contributed by atoms with Crippen molar-refractivity contribution in [2.24, 2.45) is 0 Å². The van der Waals surface area contributed by atoms with Crippen molar-refractivity contribution in [1.29, 1.82) is 0 Å². The van der Waals surface area contributed by atoms with Crippen molar-refractivity contribution in [3.8, 4) is 0 Å². The van der Waals surface area contributed by atoms with Crippen LogP contribution in [-0.4, -0.2) is 6.54 Å². The third kappa shape index (κ3) is 3.61. The van der Waals surface area contributed by atoms with E-state index >= 15 is 0 Å². The molecule has 5 heteroatoms. The lowest BCUT2D eigenvalue weighted by Gasteiger charge is -2.18. The molecular weight excluding hydrogens is 332 g/mol. The van der Waals surface area contributed by atoms with E-state index in [-0.39, 0.29) is 6.04 Å². The molecule has 1 N–H and O–H groups in total. The molecule has 0 aliphatic heterocycles. The van der Waals surface area contributed by atoms with Crippen LogP contribution < -0.4 is 5.32 Å². The molecule has 1 heterocycles. The highest BCUT2D eigenvalue weighted by atomic mass is 79.9. The molecule has 0 amide bonds. The predicted octanol–water partition coefficient (Wildman–Crippen LogP) is 4.88. The summed E-state index contributed by atoms with van der Waals surface area (Å²) in [6.45, 7) is 2.83. The van der Waals surface area contributed by atoms with Crippen molar-refractivity contribution >= 4 is 27.3 Å². The third-order valence-electron chi connectivity index (χ3n) is 2.74. The molecule has 1 aromatic carbocycles. The quantitative estimate of drug-likeness (QED) is 0.814. The molecule has 102 valence electrons. The highest BCUT2D eigenvalue weighted by Gasteiger charge is 2.19. The Hall–Kier alpha value is -0.780. The van der Waals surface area contributed by atoms with Crippen molar-refractivity contribution in [2.75, 3.05) is 6.54 Å². The number of nitrogens with one attached hydrogen (secondary N) is 1. The minimum absolute atomic E-state index is 0.239. The molecule has 0 saturated carbocycles. The van der Waals surface area contributed by atoms with Gasteiger partial charge in [-0.3, -0.25) is 0 Å². The van der Waals surface area contributed by atoms with E-state index in [1.54, 1.807) is 11.3 Å². The van der Waals surface area contributed by atoms with E-state index in [2.05, 4.69) is 28.2 Å². The van der Waals surface area contributed by atoms with Gasteiger partial charge in [-0.2, -0.15) is 0 Å². The first-order chi connectivity index (χ1) is 9.11. The van der Waals surface area contributed by atoms with Crippen molar-refractivity contribution in [3.63, 3.8) is 0 Å². The molecular formula is C14H14BrF2NS. The minimum atomic E-state index is -0.553. The molecule has 1 aromatic heterocycles. The molecule has 0 fully saturated rings. The van der Waals surface area contributed by atoms with Gasteiger partial charge in [-0.25, -0.2) is 8.78 Å². The van der Waals surface area contributed by atoms with Crippen LogP contribution >= 0.6 is 27.3 Å². The molecule has 0 saturated heterocycles. The van der Waals surface area contributed by atoms with Crippen LogP contribution in [0.3, 0.4) is 0 Å². The van der Waals surface area contributed by atoms with E-state index in [0.717, 1.165) is 28.4 Å². The van der Waals surface area contributed by atoms with E-state index in [1.165, 1.54) is 12.1 Å². The number of benzene rings is 1. The number of hydrogen-bond donors (Lipinski definition) is 1. The summed E-state index contributed by atoms with van der Waals surface area (Å²) in [5.41, 5.74) is 0.476. The third-order valence-corrected chi connectivity index (χ3v) is 4.50. The van der Waals surface area contributed by atoms with Crippen LogP contribution in [-0.2, 0) is 0 Å². The summed E-state index contributed by atoms with van der Waals surface area (Å²) in [5.74, 6) is -1.07. The Morgan fingerprint density at radius 1 is 1.32 bits per heavy atom. The SMILES string of the molecule is CCCNC(c1cc(Br)cs1)c1ccc(F)cc1F. The minimum Gasteiger partial charge on any atom is -0.306 e. The summed E-state index contributed by atoms with van der Waals surface area (Å²) in [5, 5.41) is 5.26. The predicted molar refractivity (Wildman–Crippen MR) is 78.5 cm³/mol. The lowest BCUT2D eigenvalue weighted by molar-refractivity contribution is 0.536. The Kier molecular flexibility index (Phi) is 5.07. The first kappa shape index (κ1) is 14.6. The highest BCUT2D eigenvalue weighted by molar-refractivity contribution is 9.10. The molecule has 0 radical (unpaired) electrons. The molecule has 0 spiro atoms. The standard InChI is InChI=1S/C14H14BrF2NS/c1-2-5-18-14(13-6-9(15)8-19-13)11-4-3-10(16)7-12(11)17/h3-4,6-8,14,18H,2,5H2,1H3. The van der Waals surface area contributed by atoms with Gasteiger partial charge in [0.2, 0.25) is 0 Å². The molecule has 2 aromatic rings. The molecule has 2 rings (SSSR count). The van der Waals surface area contributed by atoms with Crippen LogP contribution in [0.25, 0.3) is 0 Å². The van der Waals surface area contributed by atoms with Gasteiger partial charge in [0, 0.05) is 26.4 Å². The highest BCUT2D eigenvalue weighted by Crippen LogP contribution is 2.31. The first-order valence-corrected chi connectivity index (χ1v) is 7.71. The van der Waals surface area contributed by atoms with Gasteiger partial charge in [0.1, 0.15) is 11.6 Å². The molecule has 1 nitrogen and oxygen atoms in total. The molecule has 0 aliphatic rings. The topological polar surface area (TPSA) is 12.0 Å². The summed E-state index contributed by atoms with van der Waals surface area (Å²) in [6.07, 6.45) is 0.950. The monoisotopic (exact) mass is 345 g/mol. The summed E-state index contributed by atoms with van der Waals surface area (Å²) in [6, 6.07) is 5.45. The lowest BCUT2D eigenvalue weighted by Crippen LogP contribution is -2.23. The van der Waals surface area contributed by atoms with Crippen molar-refractivity contribution in [1.82, 2.24) is 5.32 Å². The van der Waals surface area contributed by atoms with Crippen molar-refractivity contribution < 1.29 is 8.78 Å². The first-order valence-electron chi connectivity index (χ1n) is 6.04. The summed E-state index contributed by atoms with van der Waals surface area (Å²) < 4.78 is 27.9. The van der Waals surface area contributed by atoms with Gasteiger partial charge in [-0.05, 0) is 41.0 Å². The van der Waals surface area contributed by atoms with Gasteiger partial charge < -0.3 is 5.32 Å². The zero-order valence-corrected chi connectivity index (χ0v) is 12.8. The number of rotatable bonds is 5. The smallest absolute Gasteiger partial charge is 0.131 e.